The molecule has 2 atom stereocenters. The van der Waals surface area contributed by atoms with Crippen LogP contribution in [0.5, 0.6) is 11.5 Å². The van der Waals surface area contributed by atoms with Crippen LogP contribution < -0.4 is 9.47 Å². The molecule has 0 aliphatic carbocycles. The van der Waals surface area contributed by atoms with Gasteiger partial charge in [0, 0.05) is 50.4 Å². The van der Waals surface area contributed by atoms with Crippen molar-refractivity contribution in [3.05, 3.63) is 30.0 Å². The highest BCUT2D eigenvalue weighted by Gasteiger charge is 2.30. The zero-order valence-electron chi connectivity index (χ0n) is 16.4. The van der Waals surface area contributed by atoms with Crippen LogP contribution in [0, 0.1) is 11.8 Å². The second kappa shape index (κ2) is 7.83. The number of aromatic nitrogens is 2. The topological polar surface area (TPSA) is 76.8 Å². The number of ether oxygens (including phenoxy) is 2. The molecule has 2 aliphatic heterocycles. The van der Waals surface area contributed by atoms with E-state index < -0.39 is 5.97 Å². The molecule has 7 heteroatoms. The van der Waals surface area contributed by atoms with Crippen LogP contribution in [0.2, 0.25) is 0 Å². The molecule has 150 valence electrons. The number of carboxylic acids is 1. The molecule has 3 heterocycles. The Morgan fingerprint density at radius 3 is 2.82 bits per heavy atom. The van der Waals surface area contributed by atoms with E-state index in [2.05, 4.69) is 16.9 Å². The molecular formula is C21H27N3O4. The van der Waals surface area contributed by atoms with Crippen molar-refractivity contribution >= 4 is 5.97 Å². The number of likely N-dealkylation sites (tertiary alicyclic amines) is 1. The first-order valence-electron chi connectivity index (χ1n) is 9.87. The molecule has 0 bridgehead atoms. The number of aryl methyl sites for hydroxylation is 1. The highest BCUT2D eigenvalue weighted by Crippen LogP contribution is 2.35. The van der Waals surface area contributed by atoms with Gasteiger partial charge in [-0.05, 0) is 30.5 Å². The number of aliphatic carboxylic acids is 1. The monoisotopic (exact) mass is 385 g/mol. The van der Waals surface area contributed by atoms with Gasteiger partial charge in [0.15, 0.2) is 11.5 Å². The zero-order valence-corrected chi connectivity index (χ0v) is 16.4. The smallest absolute Gasteiger partial charge is 0.307 e. The lowest BCUT2D eigenvalue weighted by Crippen LogP contribution is -2.41. The standard InChI is InChI=1S/C21H27N3O4/c1-14-8-16(21(25)26)12-24(10-14)13-17-11-23(2)22-20(17)15-4-5-18-19(9-15)28-7-3-6-27-18/h4-5,9,11,14,16H,3,6-8,10,12-13H2,1-2H3,(H,25,26). The molecule has 2 aliphatic rings. The summed E-state index contributed by atoms with van der Waals surface area (Å²) in [6, 6.07) is 5.95. The summed E-state index contributed by atoms with van der Waals surface area (Å²) >= 11 is 0. The van der Waals surface area contributed by atoms with E-state index in [-0.39, 0.29) is 5.92 Å². The van der Waals surface area contributed by atoms with Gasteiger partial charge in [-0.2, -0.15) is 5.10 Å². The number of carbonyl (C=O) groups is 1. The lowest BCUT2D eigenvalue weighted by atomic mass is 9.90. The summed E-state index contributed by atoms with van der Waals surface area (Å²) in [7, 11) is 1.91. The van der Waals surface area contributed by atoms with Crippen LogP contribution in [-0.2, 0) is 18.4 Å². The maximum atomic E-state index is 11.5. The van der Waals surface area contributed by atoms with Crippen LogP contribution in [-0.4, -0.2) is 52.1 Å². The van der Waals surface area contributed by atoms with E-state index in [1.54, 1.807) is 0 Å². The quantitative estimate of drug-likeness (QED) is 0.872. The maximum Gasteiger partial charge on any atom is 0.307 e. The highest BCUT2D eigenvalue weighted by atomic mass is 16.5. The van der Waals surface area contributed by atoms with Crippen molar-refractivity contribution in [3.63, 3.8) is 0 Å². The van der Waals surface area contributed by atoms with Gasteiger partial charge in [-0.15, -0.1) is 0 Å². The maximum absolute atomic E-state index is 11.5. The van der Waals surface area contributed by atoms with E-state index in [9.17, 15) is 9.90 Å². The third kappa shape index (κ3) is 3.99. The molecule has 0 spiro atoms. The van der Waals surface area contributed by atoms with E-state index in [4.69, 9.17) is 9.47 Å². The first-order chi connectivity index (χ1) is 13.5. The summed E-state index contributed by atoms with van der Waals surface area (Å²) in [4.78, 5) is 13.7. The molecule has 1 aromatic heterocycles. The molecule has 1 aromatic carbocycles. The molecule has 28 heavy (non-hydrogen) atoms. The van der Waals surface area contributed by atoms with Crippen LogP contribution in [0.25, 0.3) is 11.3 Å². The minimum atomic E-state index is -0.703. The van der Waals surface area contributed by atoms with Crippen LogP contribution in [0.3, 0.4) is 0 Å². The Kier molecular flexibility index (Phi) is 5.26. The van der Waals surface area contributed by atoms with Crippen LogP contribution in [0.15, 0.2) is 24.4 Å². The fourth-order valence-electron chi connectivity index (χ4n) is 4.22. The Bertz CT molecular complexity index is 863. The van der Waals surface area contributed by atoms with Crippen molar-refractivity contribution in [3.8, 4) is 22.8 Å². The minimum absolute atomic E-state index is 0.304. The SMILES string of the molecule is CC1CC(C(=O)O)CN(Cc2cn(C)nc2-c2ccc3c(c2)OCCCO3)C1. The van der Waals surface area contributed by atoms with Gasteiger partial charge in [0.25, 0.3) is 0 Å². The van der Waals surface area contributed by atoms with Crippen LogP contribution >= 0.6 is 0 Å². The largest absolute Gasteiger partial charge is 0.490 e. The Morgan fingerprint density at radius 1 is 1.25 bits per heavy atom. The van der Waals surface area contributed by atoms with Crippen molar-refractivity contribution in [2.45, 2.75) is 26.3 Å². The van der Waals surface area contributed by atoms with Gasteiger partial charge in [-0.3, -0.25) is 14.4 Å². The Hall–Kier alpha value is -2.54. The van der Waals surface area contributed by atoms with E-state index >= 15 is 0 Å². The van der Waals surface area contributed by atoms with E-state index in [1.165, 1.54) is 0 Å². The summed E-state index contributed by atoms with van der Waals surface area (Å²) < 4.78 is 13.4. The Labute approximate surface area is 164 Å². The van der Waals surface area contributed by atoms with Gasteiger partial charge < -0.3 is 14.6 Å². The second-order valence-corrected chi connectivity index (χ2v) is 7.96. The molecule has 4 rings (SSSR count). The normalized spacial score (nSPS) is 22.6. The molecule has 0 amide bonds. The van der Waals surface area contributed by atoms with Gasteiger partial charge >= 0.3 is 5.97 Å². The zero-order chi connectivity index (χ0) is 19.7. The van der Waals surface area contributed by atoms with Gasteiger partial charge in [-0.1, -0.05) is 6.92 Å². The van der Waals surface area contributed by atoms with Crippen molar-refractivity contribution in [2.24, 2.45) is 18.9 Å². The fraction of sp³-hybridized carbons (Fsp3) is 0.524. The summed E-state index contributed by atoms with van der Waals surface area (Å²) in [6.07, 6.45) is 3.64. The van der Waals surface area contributed by atoms with Crippen molar-refractivity contribution in [2.75, 3.05) is 26.3 Å². The molecule has 7 nitrogen and oxygen atoms in total. The van der Waals surface area contributed by atoms with Crippen LogP contribution in [0.1, 0.15) is 25.3 Å². The predicted molar refractivity (Wildman–Crippen MR) is 104 cm³/mol. The summed E-state index contributed by atoms with van der Waals surface area (Å²) in [5.41, 5.74) is 2.98. The summed E-state index contributed by atoms with van der Waals surface area (Å²) in [5, 5.41) is 14.1. The van der Waals surface area contributed by atoms with Crippen molar-refractivity contribution < 1.29 is 19.4 Å². The van der Waals surface area contributed by atoms with Gasteiger partial charge in [-0.25, -0.2) is 0 Å². The molecule has 0 radical (unpaired) electrons. The molecule has 1 fully saturated rings. The number of benzene rings is 1. The number of hydrogen-bond acceptors (Lipinski definition) is 5. The summed E-state index contributed by atoms with van der Waals surface area (Å²) in [5.74, 6) is 0.887. The number of rotatable bonds is 4. The third-order valence-corrected chi connectivity index (χ3v) is 5.40. The predicted octanol–water partition coefficient (Wildman–Crippen LogP) is 2.79. The minimum Gasteiger partial charge on any atom is -0.490 e. The molecule has 2 aromatic rings. The summed E-state index contributed by atoms with van der Waals surface area (Å²) in [6.45, 7) is 5.60. The Balaban J connectivity index is 1.59. The van der Waals surface area contributed by atoms with Crippen molar-refractivity contribution in [1.82, 2.24) is 14.7 Å². The highest BCUT2D eigenvalue weighted by molar-refractivity contribution is 5.70. The lowest BCUT2D eigenvalue weighted by Gasteiger charge is -2.34. The van der Waals surface area contributed by atoms with E-state index in [0.717, 1.165) is 47.7 Å². The number of carboxylic acid groups (broad SMARTS) is 1. The van der Waals surface area contributed by atoms with Gasteiger partial charge in [0.2, 0.25) is 0 Å². The molecule has 1 N–H and O–H groups in total. The van der Waals surface area contributed by atoms with E-state index in [1.807, 2.05) is 36.1 Å². The number of hydrogen-bond donors (Lipinski definition) is 1. The molecule has 0 saturated carbocycles. The molecular weight excluding hydrogens is 358 g/mol. The third-order valence-electron chi connectivity index (χ3n) is 5.40. The number of piperidine rings is 1. The number of fused-ring (bicyclic) bond motifs is 1. The molecule has 2 unspecified atom stereocenters. The second-order valence-electron chi connectivity index (χ2n) is 7.96. The average molecular weight is 385 g/mol. The lowest BCUT2D eigenvalue weighted by molar-refractivity contribution is -0.144. The number of nitrogens with zero attached hydrogens (tertiary/aromatic N) is 3. The molecule has 1 saturated heterocycles. The van der Waals surface area contributed by atoms with E-state index in [0.29, 0.717) is 32.2 Å². The average Bonchev–Trinajstić information content (AvgIpc) is 2.87. The van der Waals surface area contributed by atoms with Crippen molar-refractivity contribution in [1.29, 1.82) is 0 Å². The first kappa shape index (κ1) is 18.8. The Morgan fingerprint density at radius 2 is 2.04 bits per heavy atom. The first-order valence-corrected chi connectivity index (χ1v) is 9.87. The van der Waals surface area contributed by atoms with Crippen LogP contribution in [0.4, 0.5) is 0 Å². The fourth-order valence-corrected chi connectivity index (χ4v) is 4.22. The van der Waals surface area contributed by atoms with Gasteiger partial charge in [0.05, 0.1) is 24.8 Å². The van der Waals surface area contributed by atoms with Gasteiger partial charge in [0.1, 0.15) is 0 Å².